The van der Waals surface area contributed by atoms with Gasteiger partial charge in [-0.15, -0.1) is 0 Å². The van der Waals surface area contributed by atoms with Gasteiger partial charge in [-0.3, -0.25) is 4.98 Å². The summed E-state index contributed by atoms with van der Waals surface area (Å²) in [6, 6.07) is 15.0. The lowest BCUT2D eigenvalue weighted by atomic mass is 10.0. The van der Waals surface area contributed by atoms with Crippen LogP contribution in [0.1, 0.15) is 5.69 Å². The molecule has 0 fully saturated rings. The van der Waals surface area contributed by atoms with Gasteiger partial charge >= 0.3 is 0 Å². The standard InChI is InChI=1S/C20H11ClFN5/c21-15-9-13(8-12-2-1-7-25-17(12)15)19-18(11-3-5-14(22)6-4-11)27-20(24)16(10-23)26-19/h1-9H,(H2,24,27). The van der Waals surface area contributed by atoms with Crippen molar-refractivity contribution >= 4 is 28.3 Å². The summed E-state index contributed by atoms with van der Waals surface area (Å²) in [4.78, 5) is 13.0. The van der Waals surface area contributed by atoms with E-state index in [-0.39, 0.29) is 17.3 Å². The number of hydrogen-bond acceptors (Lipinski definition) is 5. The molecule has 0 aliphatic carbocycles. The zero-order valence-electron chi connectivity index (χ0n) is 13.8. The number of fused-ring (bicyclic) bond motifs is 1. The fourth-order valence-corrected chi connectivity index (χ4v) is 3.10. The summed E-state index contributed by atoms with van der Waals surface area (Å²) < 4.78 is 13.3. The molecule has 0 unspecified atom stereocenters. The largest absolute Gasteiger partial charge is 0.381 e. The SMILES string of the molecule is N#Cc1nc(-c2cc(Cl)c3ncccc3c2)c(-c2ccc(F)cc2)nc1N. The summed E-state index contributed by atoms with van der Waals surface area (Å²) >= 11 is 6.39. The number of nitrogen functional groups attached to an aromatic ring is 1. The molecule has 0 saturated carbocycles. The Balaban J connectivity index is 2.02. The second kappa shape index (κ2) is 6.63. The first-order valence-corrected chi connectivity index (χ1v) is 8.33. The zero-order chi connectivity index (χ0) is 19.0. The van der Waals surface area contributed by atoms with Gasteiger partial charge in [-0.1, -0.05) is 17.7 Å². The molecule has 0 aliphatic rings. The normalized spacial score (nSPS) is 10.7. The van der Waals surface area contributed by atoms with Crippen LogP contribution in [0.4, 0.5) is 10.2 Å². The van der Waals surface area contributed by atoms with Crippen molar-refractivity contribution < 1.29 is 4.39 Å². The Hall–Kier alpha value is -3.56. The van der Waals surface area contributed by atoms with Gasteiger partial charge in [0, 0.05) is 22.7 Å². The fourth-order valence-electron chi connectivity index (χ4n) is 2.83. The van der Waals surface area contributed by atoms with E-state index in [1.165, 1.54) is 12.1 Å². The van der Waals surface area contributed by atoms with Gasteiger partial charge in [0.05, 0.1) is 21.9 Å². The molecule has 2 aromatic carbocycles. The van der Waals surface area contributed by atoms with Crippen LogP contribution in [0, 0.1) is 17.1 Å². The first kappa shape index (κ1) is 16.9. The molecule has 4 rings (SSSR count). The van der Waals surface area contributed by atoms with Crippen LogP contribution in [-0.4, -0.2) is 15.0 Å². The number of hydrogen-bond donors (Lipinski definition) is 1. The smallest absolute Gasteiger partial charge is 0.183 e. The van der Waals surface area contributed by atoms with E-state index < -0.39 is 0 Å². The summed E-state index contributed by atoms with van der Waals surface area (Å²) in [6.45, 7) is 0. The van der Waals surface area contributed by atoms with Gasteiger partial charge in [0.2, 0.25) is 0 Å². The predicted octanol–water partition coefficient (Wildman–Crippen LogP) is 4.61. The molecular weight excluding hydrogens is 365 g/mol. The van der Waals surface area contributed by atoms with E-state index in [1.54, 1.807) is 30.5 Å². The van der Waals surface area contributed by atoms with E-state index in [2.05, 4.69) is 15.0 Å². The molecule has 2 aromatic heterocycles. The highest BCUT2D eigenvalue weighted by Crippen LogP contribution is 2.34. The predicted molar refractivity (Wildman–Crippen MR) is 102 cm³/mol. The van der Waals surface area contributed by atoms with E-state index in [0.29, 0.717) is 33.1 Å². The number of nitrogens with two attached hydrogens (primary N) is 1. The second-order valence-corrected chi connectivity index (χ2v) is 6.21. The van der Waals surface area contributed by atoms with Crippen molar-refractivity contribution in [3.05, 3.63) is 71.3 Å². The number of benzene rings is 2. The van der Waals surface area contributed by atoms with Crippen LogP contribution in [0.2, 0.25) is 5.02 Å². The average molecular weight is 376 g/mol. The Morgan fingerprint density at radius 3 is 2.48 bits per heavy atom. The van der Waals surface area contributed by atoms with Gasteiger partial charge in [-0.05, 0) is 42.5 Å². The Morgan fingerprint density at radius 1 is 1.00 bits per heavy atom. The van der Waals surface area contributed by atoms with Gasteiger partial charge in [-0.2, -0.15) is 5.26 Å². The Morgan fingerprint density at radius 2 is 1.74 bits per heavy atom. The molecule has 4 aromatic rings. The maximum absolute atomic E-state index is 13.3. The molecule has 0 amide bonds. The van der Waals surface area contributed by atoms with Crippen molar-refractivity contribution in [2.45, 2.75) is 0 Å². The summed E-state index contributed by atoms with van der Waals surface area (Å²) in [5.41, 5.74) is 8.68. The fraction of sp³-hybridized carbons (Fsp3) is 0. The number of rotatable bonds is 2. The molecule has 0 atom stereocenters. The molecule has 0 bridgehead atoms. The first-order valence-electron chi connectivity index (χ1n) is 7.95. The van der Waals surface area contributed by atoms with Gasteiger partial charge in [0.25, 0.3) is 0 Å². The molecule has 7 heteroatoms. The third kappa shape index (κ3) is 3.05. The van der Waals surface area contributed by atoms with Crippen molar-refractivity contribution in [3.63, 3.8) is 0 Å². The highest BCUT2D eigenvalue weighted by atomic mass is 35.5. The van der Waals surface area contributed by atoms with Crippen LogP contribution >= 0.6 is 11.6 Å². The van der Waals surface area contributed by atoms with Crippen molar-refractivity contribution in [3.8, 4) is 28.6 Å². The third-order valence-electron chi connectivity index (χ3n) is 4.08. The van der Waals surface area contributed by atoms with Crippen LogP contribution in [0.25, 0.3) is 33.4 Å². The van der Waals surface area contributed by atoms with E-state index in [4.69, 9.17) is 17.3 Å². The van der Waals surface area contributed by atoms with E-state index in [0.717, 1.165) is 5.39 Å². The number of anilines is 1. The van der Waals surface area contributed by atoms with Crippen LogP contribution in [-0.2, 0) is 0 Å². The van der Waals surface area contributed by atoms with Gasteiger partial charge in [0.1, 0.15) is 11.9 Å². The maximum atomic E-state index is 13.3. The minimum atomic E-state index is -0.366. The molecule has 2 heterocycles. The van der Waals surface area contributed by atoms with Crippen molar-refractivity contribution in [1.82, 2.24) is 15.0 Å². The van der Waals surface area contributed by atoms with Crippen LogP contribution in [0.5, 0.6) is 0 Å². The maximum Gasteiger partial charge on any atom is 0.183 e. The molecule has 130 valence electrons. The molecular formula is C20H11ClFN5. The molecule has 27 heavy (non-hydrogen) atoms. The van der Waals surface area contributed by atoms with Crippen LogP contribution in [0.15, 0.2) is 54.7 Å². The van der Waals surface area contributed by atoms with Gasteiger partial charge < -0.3 is 5.73 Å². The molecule has 0 saturated heterocycles. The molecule has 0 radical (unpaired) electrons. The number of aromatic nitrogens is 3. The van der Waals surface area contributed by atoms with E-state index >= 15 is 0 Å². The van der Waals surface area contributed by atoms with Gasteiger partial charge in [-0.25, -0.2) is 14.4 Å². The lowest BCUT2D eigenvalue weighted by molar-refractivity contribution is 0.628. The summed E-state index contributed by atoms with van der Waals surface area (Å²) in [5.74, 6) is -0.358. The lowest BCUT2D eigenvalue weighted by Gasteiger charge is -2.12. The third-order valence-corrected chi connectivity index (χ3v) is 4.37. The van der Waals surface area contributed by atoms with Crippen LogP contribution < -0.4 is 5.73 Å². The Labute approximate surface area is 158 Å². The first-order chi connectivity index (χ1) is 13.1. The average Bonchev–Trinajstić information content (AvgIpc) is 2.68. The lowest BCUT2D eigenvalue weighted by Crippen LogP contribution is -2.03. The number of nitrogens with zero attached hydrogens (tertiary/aromatic N) is 4. The number of nitriles is 1. The van der Waals surface area contributed by atoms with Crippen LogP contribution in [0.3, 0.4) is 0 Å². The van der Waals surface area contributed by atoms with E-state index in [1.807, 2.05) is 18.2 Å². The minimum Gasteiger partial charge on any atom is -0.381 e. The molecule has 2 N–H and O–H groups in total. The summed E-state index contributed by atoms with van der Waals surface area (Å²) in [7, 11) is 0. The highest BCUT2D eigenvalue weighted by Gasteiger charge is 2.17. The van der Waals surface area contributed by atoms with Crippen molar-refractivity contribution in [2.24, 2.45) is 0 Å². The van der Waals surface area contributed by atoms with Crippen molar-refractivity contribution in [1.29, 1.82) is 5.26 Å². The minimum absolute atomic E-state index is 0.00845. The zero-order valence-corrected chi connectivity index (χ0v) is 14.6. The highest BCUT2D eigenvalue weighted by molar-refractivity contribution is 6.35. The topological polar surface area (TPSA) is 88.5 Å². The molecule has 0 aliphatic heterocycles. The monoisotopic (exact) mass is 375 g/mol. The van der Waals surface area contributed by atoms with Crippen molar-refractivity contribution in [2.75, 3.05) is 5.73 Å². The van der Waals surface area contributed by atoms with Gasteiger partial charge in [0.15, 0.2) is 11.5 Å². The Kier molecular flexibility index (Phi) is 4.15. The summed E-state index contributed by atoms with van der Waals surface area (Å²) in [6.07, 6.45) is 1.66. The van der Waals surface area contributed by atoms with E-state index in [9.17, 15) is 9.65 Å². The number of halogens is 2. The second-order valence-electron chi connectivity index (χ2n) is 5.81. The summed E-state index contributed by atoms with van der Waals surface area (Å²) in [5, 5.41) is 10.6. The Bertz CT molecular complexity index is 1220. The quantitative estimate of drug-likeness (QED) is 0.552. The number of pyridine rings is 1. The molecule has 0 spiro atoms. The molecule has 5 nitrogen and oxygen atoms in total.